The Hall–Kier alpha value is -1.50. The lowest BCUT2D eigenvalue weighted by Gasteiger charge is -2.07. The summed E-state index contributed by atoms with van der Waals surface area (Å²) in [6.07, 6.45) is -0.0562. The largest absolute Gasteiger partial charge is 0.466 e. The predicted octanol–water partition coefficient (Wildman–Crippen LogP) is 2.41. The molecule has 1 N–H and O–H groups in total. The Morgan fingerprint density at radius 1 is 1.32 bits per heavy atom. The van der Waals surface area contributed by atoms with Crippen molar-refractivity contribution >= 4 is 27.8 Å². The summed E-state index contributed by atoms with van der Waals surface area (Å²) in [5, 5.41) is 2.25. The van der Waals surface area contributed by atoms with E-state index in [9.17, 15) is 18.4 Å². The van der Waals surface area contributed by atoms with Gasteiger partial charge < -0.3 is 10.1 Å². The second kappa shape index (κ2) is 7.18. The summed E-state index contributed by atoms with van der Waals surface area (Å²) < 4.78 is 31.7. The molecule has 0 bridgehead atoms. The zero-order chi connectivity index (χ0) is 14.4. The summed E-state index contributed by atoms with van der Waals surface area (Å²) in [5.74, 6) is -3.34. The maximum Gasteiger partial charge on any atom is 0.307 e. The third kappa shape index (κ3) is 4.59. The Labute approximate surface area is 117 Å². The number of rotatable bonds is 5. The number of halogens is 3. The Morgan fingerprint density at radius 2 is 1.89 bits per heavy atom. The molecule has 0 unspecified atom stereocenters. The zero-order valence-electron chi connectivity index (χ0n) is 10.1. The average Bonchev–Trinajstić information content (AvgIpc) is 2.27. The van der Waals surface area contributed by atoms with Crippen LogP contribution in [0.4, 0.5) is 8.78 Å². The fraction of sp³-hybridized carbons (Fsp3) is 0.333. The van der Waals surface area contributed by atoms with Gasteiger partial charge in [-0.25, -0.2) is 8.78 Å². The van der Waals surface area contributed by atoms with Crippen LogP contribution in [0.5, 0.6) is 0 Å². The number of carbonyl (C=O) groups is 2. The van der Waals surface area contributed by atoms with E-state index < -0.39 is 29.1 Å². The summed E-state index contributed by atoms with van der Waals surface area (Å²) in [5.41, 5.74) is -0.674. The lowest BCUT2D eigenvalue weighted by atomic mass is 10.2. The van der Waals surface area contributed by atoms with Crippen LogP contribution < -0.4 is 5.32 Å². The molecule has 7 heteroatoms. The number of amides is 1. The van der Waals surface area contributed by atoms with Gasteiger partial charge in [0.25, 0.3) is 5.91 Å². The minimum Gasteiger partial charge on any atom is -0.466 e. The van der Waals surface area contributed by atoms with Crippen molar-refractivity contribution in [2.24, 2.45) is 0 Å². The first-order valence-electron chi connectivity index (χ1n) is 5.54. The van der Waals surface area contributed by atoms with Crippen LogP contribution in [0.15, 0.2) is 16.6 Å². The number of hydrogen-bond donors (Lipinski definition) is 1. The van der Waals surface area contributed by atoms with E-state index in [1.54, 1.807) is 6.92 Å². The van der Waals surface area contributed by atoms with Gasteiger partial charge in [0, 0.05) is 11.0 Å². The molecule has 0 spiro atoms. The average molecular weight is 336 g/mol. The summed E-state index contributed by atoms with van der Waals surface area (Å²) in [6, 6.07) is 1.98. The van der Waals surface area contributed by atoms with Crippen LogP contribution in [0.25, 0.3) is 0 Å². The second-order valence-corrected chi connectivity index (χ2v) is 4.47. The van der Waals surface area contributed by atoms with Crippen LogP contribution in [-0.2, 0) is 9.53 Å². The maximum atomic E-state index is 13.4. The first kappa shape index (κ1) is 15.6. The molecule has 1 rings (SSSR count). The van der Waals surface area contributed by atoms with Crippen molar-refractivity contribution < 1.29 is 23.1 Å². The lowest BCUT2D eigenvalue weighted by molar-refractivity contribution is -0.142. The van der Waals surface area contributed by atoms with Crippen molar-refractivity contribution in [3.05, 3.63) is 33.8 Å². The van der Waals surface area contributed by atoms with E-state index in [-0.39, 0.29) is 24.0 Å². The SMILES string of the molecule is CCOC(=O)CCNC(=O)c1c(F)cc(Br)cc1F. The Balaban J connectivity index is 2.62. The number of nitrogens with one attached hydrogen (secondary N) is 1. The molecule has 104 valence electrons. The van der Waals surface area contributed by atoms with Crippen LogP contribution in [0.1, 0.15) is 23.7 Å². The molecule has 19 heavy (non-hydrogen) atoms. The van der Waals surface area contributed by atoms with Gasteiger partial charge in [0.1, 0.15) is 17.2 Å². The van der Waals surface area contributed by atoms with Gasteiger partial charge in [-0.3, -0.25) is 9.59 Å². The Morgan fingerprint density at radius 3 is 2.42 bits per heavy atom. The number of esters is 1. The zero-order valence-corrected chi connectivity index (χ0v) is 11.7. The van der Waals surface area contributed by atoms with E-state index in [4.69, 9.17) is 0 Å². The lowest BCUT2D eigenvalue weighted by Crippen LogP contribution is -2.28. The topological polar surface area (TPSA) is 55.4 Å². The van der Waals surface area contributed by atoms with Crippen LogP contribution in [0.3, 0.4) is 0 Å². The van der Waals surface area contributed by atoms with Gasteiger partial charge in [0.05, 0.1) is 13.0 Å². The minimum absolute atomic E-state index is 0.0490. The molecule has 0 fully saturated rings. The van der Waals surface area contributed by atoms with Crippen LogP contribution >= 0.6 is 15.9 Å². The first-order chi connectivity index (χ1) is 8.95. The second-order valence-electron chi connectivity index (χ2n) is 3.56. The molecule has 1 aromatic rings. The van der Waals surface area contributed by atoms with Crippen molar-refractivity contribution in [2.45, 2.75) is 13.3 Å². The molecule has 0 aromatic heterocycles. The fourth-order valence-corrected chi connectivity index (χ4v) is 1.76. The van der Waals surface area contributed by atoms with Crippen molar-refractivity contribution in [3.8, 4) is 0 Å². The molecule has 0 atom stereocenters. The summed E-state index contributed by atoms with van der Waals surface area (Å²) in [4.78, 5) is 22.6. The molecular formula is C12H12BrF2NO3. The molecule has 1 amide bonds. The van der Waals surface area contributed by atoms with E-state index in [0.717, 1.165) is 12.1 Å². The third-order valence-corrected chi connectivity index (χ3v) is 2.61. The summed E-state index contributed by atoms with van der Waals surface area (Å²) >= 11 is 2.91. The van der Waals surface area contributed by atoms with Crippen molar-refractivity contribution in [2.75, 3.05) is 13.2 Å². The summed E-state index contributed by atoms with van der Waals surface area (Å²) in [7, 11) is 0. The van der Waals surface area contributed by atoms with Gasteiger partial charge >= 0.3 is 5.97 Å². The van der Waals surface area contributed by atoms with Crippen LogP contribution in [0.2, 0.25) is 0 Å². The van der Waals surface area contributed by atoms with E-state index in [1.165, 1.54) is 0 Å². The van der Waals surface area contributed by atoms with E-state index in [0.29, 0.717) is 0 Å². The highest BCUT2D eigenvalue weighted by molar-refractivity contribution is 9.10. The Bertz CT molecular complexity index is 471. The molecule has 0 aliphatic rings. The van der Waals surface area contributed by atoms with Gasteiger partial charge in [-0.15, -0.1) is 0 Å². The van der Waals surface area contributed by atoms with Gasteiger partial charge in [-0.05, 0) is 19.1 Å². The fourth-order valence-electron chi connectivity index (χ4n) is 1.36. The molecule has 1 aromatic carbocycles. The predicted molar refractivity (Wildman–Crippen MR) is 67.6 cm³/mol. The minimum atomic E-state index is -0.972. The third-order valence-electron chi connectivity index (χ3n) is 2.15. The quantitative estimate of drug-likeness (QED) is 0.840. The number of ether oxygens (including phenoxy) is 1. The number of benzene rings is 1. The van der Waals surface area contributed by atoms with Crippen LogP contribution in [-0.4, -0.2) is 25.0 Å². The smallest absolute Gasteiger partial charge is 0.307 e. The highest BCUT2D eigenvalue weighted by atomic mass is 79.9. The van der Waals surface area contributed by atoms with E-state index in [1.807, 2.05) is 0 Å². The normalized spacial score (nSPS) is 10.1. The molecule has 0 aliphatic heterocycles. The number of carbonyl (C=O) groups excluding carboxylic acids is 2. The van der Waals surface area contributed by atoms with Crippen molar-refractivity contribution in [1.82, 2.24) is 5.32 Å². The molecule has 0 aliphatic carbocycles. The molecule has 0 saturated heterocycles. The standard InChI is InChI=1S/C12H12BrF2NO3/c1-2-19-10(17)3-4-16-12(18)11-8(14)5-7(13)6-9(11)15/h5-6H,2-4H2,1H3,(H,16,18). The molecule has 4 nitrogen and oxygen atoms in total. The molecular weight excluding hydrogens is 324 g/mol. The maximum absolute atomic E-state index is 13.4. The first-order valence-corrected chi connectivity index (χ1v) is 6.33. The van der Waals surface area contributed by atoms with Crippen molar-refractivity contribution in [3.63, 3.8) is 0 Å². The van der Waals surface area contributed by atoms with E-state index in [2.05, 4.69) is 26.0 Å². The highest BCUT2D eigenvalue weighted by Crippen LogP contribution is 2.19. The Kier molecular flexibility index (Phi) is 5.88. The van der Waals surface area contributed by atoms with Gasteiger partial charge in [-0.2, -0.15) is 0 Å². The molecule has 0 radical (unpaired) electrons. The highest BCUT2D eigenvalue weighted by Gasteiger charge is 2.18. The van der Waals surface area contributed by atoms with Gasteiger partial charge in [-0.1, -0.05) is 15.9 Å². The number of hydrogen-bond acceptors (Lipinski definition) is 3. The molecule has 0 heterocycles. The van der Waals surface area contributed by atoms with Crippen LogP contribution in [0, 0.1) is 11.6 Å². The molecule has 0 saturated carbocycles. The summed E-state index contributed by atoms with van der Waals surface area (Å²) in [6.45, 7) is 1.85. The van der Waals surface area contributed by atoms with Crippen molar-refractivity contribution in [1.29, 1.82) is 0 Å². The van der Waals surface area contributed by atoms with Gasteiger partial charge in [0.15, 0.2) is 0 Å². The van der Waals surface area contributed by atoms with Gasteiger partial charge in [0.2, 0.25) is 0 Å². The monoisotopic (exact) mass is 335 g/mol. The van der Waals surface area contributed by atoms with E-state index >= 15 is 0 Å².